The van der Waals surface area contributed by atoms with Crippen LogP contribution in [0.3, 0.4) is 0 Å². The van der Waals surface area contributed by atoms with Gasteiger partial charge in [0.05, 0.1) is 32.2 Å². The van der Waals surface area contributed by atoms with Crippen molar-refractivity contribution in [3.8, 4) is 0 Å². The van der Waals surface area contributed by atoms with Crippen molar-refractivity contribution in [3.63, 3.8) is 0 Å². The van der Waals surface area contributed by atoms with E-state index >= 15 is 0 Å². The highest BCUT2D eigenvalue weighted by molar-refractivity contribution is 7.76. The van der Waals surface area contributed by atoms with Crippen molar-refractivity contribution < 1.29 is 8.42 Å². The van der Waals surface area contributed by atoms with E-state index in [1.54, 1.807) is 0 Å². The summed E-state index contributed by atoms with van der Waals surface area (Å²) in [5.41, 5.74) is 0. The molecular weight excluding hydrogens is 204 g/mol. The highest BCUT2D eigenvalue weighted by Crippen LogP contribution is 2.01. The van der Waals surface area contributed by atoms with Gasteiger partial charge in [0, 0.05) is 0 Å². The molecule has 0 aromatic heterocycles. The van der Waals surface area contributed by atoms with Crippen molar-refractivity contribution in [1.29, 1.82) is 0 Å². The first-order valence-electron chi connectivity index (χ1n) is 4.61. The van der Waals surface area contributed by atoms with Gasteiger partial charge in [0.15, 0.2) is 0 Å². The van der Waals surface area contributed by atoms with Crippen LogP contribution in [-0.4, -0.2) is 18.1 Å². The molecule has 0 aliphatic carbocycles. The Bertz CT molecular complexity index is 248. The van der Waals surface area contributed by atoms with Crippen LogP contribution >= 0.6 is 0 Å². The first-order chi connectivity index (χ1) is 6.29. The Morgan fingerprint density at radius 3 is 2.00 bits per heavy atom. The van der Waals surface area contributed by atoms with Crippen LogP contribution in [-0.2, 0) is 22.5 Å². The van der Waals surface area contributed by atoms with Gasteiger partial charge in [-0.15, -0.1) is 0 Å². The summed E-state index contributed by atoms with van der Waals surface area (Å²) in [7, 11) is 0. The zero-order valence-electron chi connectivity index (χ0n) is 8.17. The van der Waals surface area contributed by atoms with Gasteiger partial charge < -0.3 is 0 Å². The smallest absolute Gasteiger partial charge is 0.0933 e. The maximum absolute atomic E-state index is 10.7. The molecule has 0 rings (SSSR count). The normalized spacial score (nSPS) is 9.38. The van der Waals surface area contributed by atoms with Gasteiger partial charge in [-0.25, -0.2) is 8.42 Å². The van der Waals surface area contributed by atoms with E-state index in [9.17, 15) is 8.42 Å². The lowest BCUT2D eigenvalue weighted by Crippen LogP contribution is -2.12. The average molecular weight is 220 g/mol. The van der Waals surface area contributed by atoms with Gasteiger partial charge in [-0.3, -0.25) is 0 Å². The van der Waals surface area contributed by atoms with Crippen LogP contribution in [0, 0.1) is 0 Å². The number of unbranched alkanes of at least 4 members (excludes halogenated alkanes) is 2. The van der Waals surface area contributed by atoms with Crippen LogP contribution in [0.2, 0.25) is 0 Å². The van der Waals surface area contributed by atoms with Gasteiger partial charge in [0.25, 0.3) is 0 Å². The minimum absolute atomic E-state index is 0.469. The fourth-order valence-electron chi connectivity index (χ4n) is 1.07. The van der Waals surface area contributed by atoms with Crippen molar-refractivity contribution in [2.24, 2.45) is 0 Å². The van der Waals surface area contributed by atoms with Gasteiger partial charge in [0.1, 0.15) is 0 Å². The van der Waals surface area contributed by atoms with Crippen molar-refractivity contribution in [1.82, 2.24) is 0 Å². The molecule has 0 aliphatic heterocycles. The third kappa shape index (κ3) is 5.16. The molecule has 0 saturated heterocycles. The lowest BCUT2D eigenvalue weighted by atomic mass is 10.1. The Balaban J connectivity index is 4.20. The summed E-state index contributed by atoms with van der Waals surface area (Å²) in [6.45, 7) is 4.03. The molecule has 0 aromatic carbocycles. The maximum atomic E-state index is 10.7. The molecular formula is C9H16O2S2. The van der Waals surface area contributed by atoms with Crippen molar-refractivity contribution in [2.75, 3.05) is 0 Å². The van der Waals surface area contributed by atoms with E-state index in [4.69, 9.17) is 0 Å². The molecule has 13 heavy (non-hydrogen) atoms. The van der Waals surface area contributed by atoms with E-state index < -0.39 is 0 Å². The highest BCUT2D eigenvalue weighted by Gasteiger charge is 2.05. The predicted octanol–water partition coefficient (Wildman–Crippen LogP) is 1.75. The molecule has 0 fully saturated rings. The second-order valence-corrected chi connectivity index (χ2v) is 4.14. The molecule has 0 saturated carbocycles. The summed E-state index contributed by atoms with van der Waals surface area (Å²) >= 11 is 0.956. The van der Waals surface area contributed by atoms with E-state index in [2.05, 4.69) is 6.92 Å². The van der Waals surface area contributed by atoms with Crippen LogP contribution in [0.4, 0.5) is 0 Å². The quantitative estimate of drug-likeness (QED) is 0.505. The first kappa shape index (κ1) is 12.8. The number of rotatable bonds is 6. The topological polar surface area (TPSA) is 34.1 Å². The van der Waals surface area contributed by atoms with Crippen LogP contribution in [0.1, 0.15) is 46.0 Å². The van der Waals surface area contributed by atoms with E-state index in [-0.39, 0.29) is 0 Å². The Hall–Kier alpha value is -0.220. The zero-order chi connectivity index (χ0) is 10.1. The lowest BCUT2D eigenvalue weighted by molar-refractivity contribution is 0.699. The van der Waals surface area contributed by atoms with Crippen LogP contribution < -0.4 is 0 Å². The lowest BCUT2D eigenvalue weighted by Gasteiger charge is -2.00. The van der Waals surface area contributed by atoms with Crippen molar-refractivity contribution >= 4 is 32.2 Å². The standard InChI is InChI=1S/C9H16O2S2/c1-3-5-6-7-9(13-11)8(4-2)12-10/h3-7H2,1-2H3. The second kappa shape index (κ2) is 8.38. The molecule has 0 aliphatic rings. The molecule has 0 amide bonds. The van der Waals surface area contributed by atoms with Crippen LogP contribution in [0.5, 0.6) is 0 Å². The van der Waals surface area contributed by atoms with Crippen molar-refractivity contribution in [3.05, 3.63) is 0 Å². The fraction of sp³-hybridized carbons (Fsp3) is 0.778. The molecule has 0 radical (unpaired) electrons. The van der Waals surface area contributed by atoms with Crippen LogP contribution in [0.25, 0.3) is 0 Å². The summed E-state index contributed by atoms with van der Waals surface area (Å²) in [6, 6.07) is 0. The molecule has 0 heterocycles. The molecule has 0 bridgehead atoms. The summed E-state index contributed by atoms with van der Waals surface area (Å²) in [5.74, 6) is 0. The summed E-state index contributed by atoms with van der Waals surface area (Å²) in [5, 5.41) is 0. The van der Waals surface area contributed by atoms with Gasteiger partial charge in [-0.1, -0.05) is 26.7 Å². The van der Waals surface area contributed by atoms with E-state index in [0.29, 0.717) is 28.9 Å². The number of hydrogen-bond acceptors (Lipinski definition) is 2. The molecule has 0 N–H and O–H groups in total. The van der Waals surface area contributed by atoms with Gasteiger partial charge in [-0.05, 0) is 19.3 Å². The molecule has 2 nitrogen and oxygen atoms in total. The Labute approximate surface area is 86.9 Å². The Morgan fingerprint density at radius 2 is 1.62 bits per heavy atom. The maximum Gasteiger partial charge on any atom is 0.0933 e. The molecule has 4 heteroatoms. The molecule has 0 unspecified atom stereocenters. The predicted molar refractivity (Wildman–Crippen MR) is 60.7 cm³/mol. The first-order valence-corrected chi connectivity index (χ1v) is 6.10. The second-order valence-electron chi connectivity index (χ2n) is 2.82. The van der Waals surface area contributed by atoms with Gasteiger partial charge in [-0.2, -0.15) is 0 Å². The third-order valence-corrected chi connectivity index (χ3v) is 3.36. The largest absolute Gasteiger partial charge is 0.212 e. The van der Waals surface area contributed by atoms with Crippen LogP contribution in [0.15, 0.2) is 0 Å². The molecule has 0 aromatic rings. The van der Waals surface area contributed by atoms with E-state index in [0.717, 1.165) is 35.4 Å². The Kier molecular flexibility index (Phi) is 8.24. The average Bonchev–Trinajstić information content (AvgIpc) is 2.17. The van der Waals surface area contributed by atoms with Crippen molar-refractivity contribution in [2.45, 2.75) is 46.0 Å². The monoisotopic (exact) mass is 220 g/mol. The summed E-state index contributed by atoms with van der Waals surface area (Å²) < 4.78 is 21.3. The minimum Gasteiger partial charge on any atom is -0.212 e. The highest BCUT2D eigenvalue weighted by atomic mass is 32.1. The SMILES string of the molecule is CCCCCC(=S=O)C(CC)=S=O. The van der Waals surface area contributed by atoms with Gasteiger partial charge in [0.2, 0.25) is 0 Å². The molecule has 0 spiro atoms. The number of hydrogen-bond donors (Lipinski definition) is 0. The molecule has 76 valence electrons. The minimum atomic E-state index is 0.469. The summed E-state index contributed by atoms with van der Waals surface area (Å²) in [6.07, 6.45) is 4.75. The van der Waals surface area contributed by atoms with Gasteiger partial charge >= 0.3 is 0 Å². The summed E-state index contributed by atoms with van der Waals surface area (Å²) in [4.78, 5) is 1.46. The van der Waals surface area contributed by atoms with E-state index in [1.165, 1.54) is 0 Å². The zero-order valence-corrected chi connectivity index (χ0v) is 9.80. The third-order valence-electron chi connectivity index (χ3n) is 1.84. The fourth-order valence-corrected chi connectivity index (χ4v) is 2.05. The Morgan fingerprint density at radius 1 is 1.00 bits per heavy atom. The van der Waals surface area contributed by atoms with E-state index in [1.807, 2.05) is 6.92 Å². The molecule has 0 atom stereocenters.